The van der Waals surface area contributed by atoms with Gasteiger partial charge in [-0.3, -0.25) is 9.59 Å². The molecular weight excluding hydrogens is 320 g/mol. The Morgan fingerprint density at radius 1 is 1.25 bits per heavy atom. The fraction of sp³-hybridized carbons (Fsp3) is 0.200. The Bertz CT molecular complexity index is 690. The van der Waals surface area contributed by atoms with Crippen LogP contribution in [-0.2, 0) is 6.54 Å². The summed E-state index contributed by atoms with van der Waals surface area (Å²) in [5.41, 5.74) is 2.58. The van der Waals surface area contributed by atoms with Gasteiger partial charge in [-0.15, -0.1) is 0 Å². The molecule has 0 bridgehead atoms. The van der Waals surface area contributed by atoms with Crippen molar-refractivity contribution in [3.05, 3.63) is 67.5 Å². The summed E-state index contributed by atoms with van der Waals surface area (Å²) in [5.74, 6) is -0.382. The van der Waals surface area contributed by atoms with Gasteiger partial charge in [0.15, 0.2) is 0 Å². The molecular formula is C15H15BrN2O2. The molecule has 20 heavy (non-hydrogen) atoms. The Kier molecular flexibility index (Phi) is 4.39. The van der Waals surface area contributed by atoms with Crippen LogP contribution in [0.2, 0.25) is 0 Å². The van der Waals surface area contributed by atoms with E-state index in [4.69, 9.17) is 0 Å². The quantitative estimate of drug-likeness (QED) is 0.906. The molecule has 2 rings (SSSR count). The van der Waals surface area contributed by atoms with E-state index in [1.54, 1.807) is 13.0 Å². The molecule has 5 heteroatoms. The van der Waals surface area contributed by atoms with Gasteiger partial charge in [0.2, 0.25) is 0 Å². The molecule has 1 amide bonds. The lowest BCUT2D eigenvalue weighted by atomic mass is 10.1. The molecule has 0 spiro atoms. The number of amides is 1. The summed E-state index contributed by atoms with van der Waals surface area (Å²) in [6, 6.07) is 9.40. The molecule has 0 saturated carbocycles. The van der Waals surface area contributed by atoms with E-state index >= 15 is 0 Å². The largest absolute Gasteiger partial charge is 0.348 e. The van der Waals surface area contributed by atoms with E-state index in [1.807, 2.05) is 31.2 Å². The average molecular weight is 335 g/mol. The van der Waals surface area contributed by atoms with E-state index < -0.39 is 0 Å². The first-order valence-electron chi connectivity index (χ1n) is 6.20. The third-order valence-electron chi connectivity index (χ3n) is 2.99. The van der Waals surface area contributed by atoms with Gasteiger partial charge in [0.25, 0.3) is 11.5 Å². The highest BCUT2D eigenvalue weighted by atomic mass is 79.9. The molecule has 0 radical (unpaired) electrons. The van der Waals surface area contributed by atoms with Gasteiger partial charge in [-0.1, -0.05) is 29.8 Å². The highest BCUT2D eigenvalue weighted by molar-refractivity contribution is 9.10. The average Bonchev–Trinajstić information content (AvgIpc) is 2.42. The zero-order chi connectivity index (χ0) is 14.7. The molecule has 0 fully saturated rings. The van der Waals surface area contributed by atoms with E-state index in [9.17, 15) is 9.59 Å². The third kappa shape index (κ3) is 3.36. The summed E-state index contributed by atoms with van der Waals surface area (Å²) in [5, 5.41) is 2.74. The number of rotatable bonds is 3. The van der Waals surface area contributed by atoms with Gasteiger partial charge in [0.05, 0.1) is 0 Å². The molecule has 0 aliphatic rings. The number of hydrogen-bond acceptors (Lipinski definition) is 2. The molecule has 1 aromatic carbocycles. The predicted octanol–water partition coefficient (Wildman–Crippen LogP) is 2.68. The maximum atomic E-state index is 12.0. The van der Waals surface area contributed by atoms with Crippen LogP contribution in [0.25, 0.3) is 0 Å². The Labute approximate surface area is 125 Å². The minimum atomic E-state index is -0.382. The van der Waals surface area contributed by atoms with Gasteiger partial charge in [0.1, 0.15) is 5.56 Å². The fourth-order valence-corrected chi connectivity index (χ4v) is 2.08. The summed E-state index contributed by atoms with van der Waals surface area (Å²) in [6.07, 6.45) is 0. The number of aromatic nitrogens is 1. The zero-order valence-corrected chi connectivity index (χ0v) is 12.9. The van der Waals surface area contributed by atoms with Crippen molar-refractivity contribution in [1.29, 1.82) is 0 Å². The van der Waals surface area contributed by atoms with E-state index in [0.29, 0.717) is 16.7 Å². The van der Waals surface area contributed by atoms with Gasteiger partial charge >= 0.3 is 0 Å². The van der Waals surface area contributed by atoms with E-state index in [-0.39, 0.29) is 17.0 Å². The number of aryl methyl sites for hydroxylation is 2. The fourth-order valence-electron chi connectivity index (χ4n) is 1.75. The lowest BCUT2D eigenvalue weighted by molar-refractivity contribution is 0.0949. The van der Waals surface area contributed by atoms with Gasteiger partial charge in [-0.05, 0) is 41.4 Å². The van der Waals surface area contributed by atoms with Gasteiger partial charge in [-0.25, -0.2) is 0 Å². The molecule has 2 aromatic rings. The van der Waals surface area contributed by atoms with E-state index in [0.717, 1.165) is 5.56 Å². The van der Waals surface area contributed by atoms with Crippen LogP contribution in [0.4, 0.5) is 0 Å². The molecule has 104 valence electrons. The summed E-state index contributed by atoms with van der Waals surface area (Å²) in [7, 11) is 0. The first-order chi connectivity index (χ1) is 9.47. The van der Waals surface area contributed by atoms with E-state index in [1.165, 1.54) is 5.56 Å². The molecule has 0 saturated heterocycles. The number of pyridine rings is 1. The first kappa shape index (κ1) is 14.5. The Balaban J connectivity index is 2.11. The standard InChI is InChI=1S/C15H15BrN2O2/c1-9-3-5-11(6-4-9)8-17-14(19)12-7-13(16)10(2)18-15(12)20/h3-7H,8H2,1-2H3,(H,17,19)(H,18,20). The van der Waals surface area contributed by atoms with Crippen molar-refractivity contribution in [1.82, 2.24) is 10.3 Å². The summed E-state index contributed by atoms with van der Waals surface area (Å²) >= 11 is 3.30. The lowest BCUT2D eigenvalue weighted by Crippen LogP contribution is -2.29. The number of carbonyl (C=O) groups is 1. The minimum absolute atomic E-state index is 0.106. The molecule has 1 aromatic heterocycles. The van der Waals surface area contributed by atoms with Crippen molar-refractivity contribution in [3.63, 3.8) is 0 Å². The Morgan fingerprint density at radius 3 is 2.55 bits per heavy atom. The van der Waals surface area contributed by atoms with Crippen LogP contribution in [-0.4, -0.2) is 10.9 Å². The Hall–Kier alpha value is -1.88. The number of aromatic amines is 1. The van der Waals surface area contributed by atoms with Crippen molar-refractivity contribution in [2.24, 2.45) is 0 Å². The van der Waals surface area contributed by atoms with Crippen molar-refractivity contribution in [3.8, 4) is 0 Å². The van der Waals surface area contributed by atoms with Crippen molar-refractivity contribution in [2.75, 3.05) is 0 Å². The second kappa shape index (κ2) is 6.05. The number of carbonyl (C=O) groups excluding carboxylic acids is 1. The number of hydrogen-bond donors (Lipinski definition) is 2. The summed E-state index contributed by atoms with van der Waals surface area (Å²) in [6.45, 7) is 4.16. The van der Waals surface area contributed by atoms with Crippen molar-refractivity contribution < 1.29 is 4.79 Å². The van der Waals surface area contributed by atoms with Crippen LogP contribution >= 0.6 is 15.9 Å². The van der Waals surface area contributed by atoms with Gasteiger partial charge in [0, 0.05) is 16.7 Å². The van der Waals surface area contributed by atoms with Crippen LogP contribution in [0.1, 0.15) is 27.2 Å². The van der Waals surface area contributed by atoms with Crippen LogP contribution in [0.3, 0.4) is 0 Å². The third-order valence-corrected chi connectivity index (χ3v) is 3.82. The van der Waals surface area contributed by atoms with E-state index in [2.05, 4.69) is 26.2 Å². The highest BCUT2D eigenvalue weighted by Gasteiger charge is 2.12. The first-order valence-corrected chi connectivity index (χ1v) is 7.00. The second-order valence-electron chi connectivity index (χ2n) is 4.65. The Morgan fingerprint density at radius 2 is 1.90 bits per heavy atom. The van der Waals surface area contributed by atoms with Gasteiger partial charge < -0.3 is 10.3 Å². The van der Waals surface area contributed by atoms with Crippen molar-refractivity contribution >= 4 is 21.8 Å². The predicted molar refractivity (Wildman–Crippen MR) is 81.8 cm³/mol. The van der Waals surface area contributed by atoms with Gasteiger partial charge in [-0.2, -0.15) is 0 Å². The number of benzene rings is 1. The number of halogens is 1. The second-order valence-corrected chi connectivity index (χ2v) is 5.51. The normalized spacial score (nSPS) is 10.3. The lowest BCUT2D eigenvalue weighted by Gasteiger charge is -2.06. The molecule has 0 atom stereocenters. The van der Waals surface area contributed by atoms with Crippen molar-refractivity contribution in [2.45, 2.75) is 20.4 Å². The SMILES string of the molecule is Cc1ccc(CNC(=O)c2cc(Br)c(C)[nH]c2=O)cc1. The summed E-state index contributed by atoms with van der Waals surface area (Å²) in [4.78, 5) is 26.4. The number of H-pyrrole nitrogens is 1. The molecule has 1 heterocycles. The topological polar surface area (TPSA) is 62.0 Å². The van der Waals surface area contributed by atoms with Crippen LogP contribution in [0.15, 0.2) is 39.6 Å². The smallest absolute Gasteiger partial charge is 0.261 e. The van der Waals surface area contributed by atoms with Crippen LogP contribution in [0.5, 0.6) is 0 Å². The zero-order valence-electron chi connectivity index (χ0n) is 11.3. The van der Waals surface area contributed by atoms with Crippen LogP contribution in [0, 0.1) is 13.8 Å². The minimum Gasteiger partial charge on any atom is -0.348 e. The number of nitrogens with one attached hydrogen (secondary N) is 2. The monoisotopic (exact) mass is 334 g/mol. The molecule has 0 aliphatic carbocycles. The molecule has 0 unspecified atom stereocenters. The molecule has 4 nitrogen and oxygen atoms in total. The van der Waals surface area contributed by atoms with Crippen LogP contribution < -0.4 is 10.9 Å². The highest BCUT2D eigenvalue weighted by Crippen LogP contribution is 2.12. The molecule has 2 N–H and O–H groups in total. The molecule has 0 aliphatic heterocycles. The summed E-state index contributed by atoms with van der Waals surface area (Å²) < 4.78 is 0.706. The maximum Gasteiger partial charge on any atom is 0.261 e. The maximum absolute atomic E-state index is 12.0.